The smallest absolute Gasteiger partial charge is 0.305 e. The summed E-state index contributed by atoms with van der Waals surface area (Å²) in [5.74, 6) is 1.19. The first-order valence-electron chi connectivity index (χ1n) is 6.99. The first kappa shape index (κ1) is 15.5. The van der Waals surface area contributed by atoms with E-state index in [1.165, 1.54) is 5.56 Å². The maximum absolute atomic E-state index is 11.1. The third-order valence-corrected chi connectivity index (χ3v) is 3.17. The molecule has 2 atom stereocenters. The first-order valence-corrected chi connectivity index (χ1v) is 6.99. The molecule has 1 aromatic carbocycles. The Morgan fingerprint density at radius 3 is 2.32 bits per heavy atom. The summed E-state index contributed by atoms with van der Waals surface area (Å²) in [5.41, 5.74) is 1.32. The minimum atomic E-state index is -0.221. The molecule has 0 heterocycles. The minimum Gasteiger partial charge on any atom is -0.490 e. The molecule has 0 aliphatic heterocycles. The monoisotopic (exact) mass is 264 g/mol. The van der Waals surface area contributed by atoms with Crippen molar-refractivity contribution in [3.05, 3.63) is 29.8 Å². The second-order valence-corrected chi connectivity index (χ2v) is 4.84. The first-order chi connectivity index (χ1) is 9.06. The van der Waals surface area contributed by atoms with Gasteiger partial charge in [-0.25, -0.2) is 0 Å². The molecule has 0 amide bonds. The van der Waals surface area contributed by atoms with Gasteiger partial charge in [0.25, 0.3) is 0 Å². The van der Waals surface area contributed by atoms with E-state index in [4.69, 9.17) is 9.47 Å². The number of benzene rings is 1. The van der Waals surface area contributed by atoms with Crippen molar-refractivity contribution >= 4 is 5.97 Å². The van der Waals surface area contributed by atoms with Crippen molar-refractivity contribution in [3.63, 3.8) is 0 Å². The Hall–Kier alpha value is -1.51. The molecule has 3 nitrogen and oxygen atoms in total. The highest BCUT2D eigenvalue weighted by Gasteiger charge is 2.08. The third-order valence-electron chi connectivity index (χ3n) is 3.17. The molecule has 1 aromatic rings. The van der Waals surface area contributed by atoms with Gasteiger partial charge < -0.3 is 9.47 Å². The number of carbonyl (C=O) groups excluding carboxylic acids is 1. The van der Waals surface area contributed by atoms with E-state index >= 15 is 0 Å². The van der Waals surface area contributed by atoms with Gasteiger partial charge in [0.2, 0.25) is 0 Å². The van der Waals surface area contributed by atoms with Gasteiger partial charge in [0.05, 0.1) is 0 Å². The Morgan fingerprint density at radius 1 is 1.16 bits per heavy atom. The predicted molar refractivity (Wildman–Crippen MR) is 76.5 cm³/mol. The molecule has 106 valence electrons. The van der Waals surface area contributed by atoms with E-state index in [1.807, 2.05) is 19.1 Å². The van der Waals surface area contributed by atoms with Crippen LogP contribution in [0.4, 0.5) is 0 Å². The van der Waals surface area contributed by atoms with Crippen molar-refractivity contribution in [1.82, 2.24) is 0 Å². The summed E-state index contributed by atoms with van der Waals surface area (Å²) in [4.78, 5) is 11.1. The van der Waals surface area contributed by atoms with Crippen LogP contribution in [0, 0.1) is 0 Å². The Morgan fingerprint density at radius 2 is 1.79 bits per heavy atom. The Kier molecular flexibility index (Phi) is 6.40. The largest absolute Gasteiger partial charge is 0.490 e. The van der Waals surface area contributed by atoms with E-state index in [1.54, 1.807) is 6.92 Å². The van der Waals surface area contributed by atoms with Crippen molar-refractivity contribution in [2.45, 2.75) is 52.6 Å². The molecule has 0 saturated carbocycles. The molecule has 3 heteroatoms. The van der Waals surface area contributed by atoms with Crippen LogP contribution in [0.1, 0.15) is 52.0 Å². The van der Waals surface area contributed by atoms with E-state index in [0.717, 1.165) is 12.2 Å². The van der Waals surface area contributed by atoms with E-state index < -0.39 is 0 Å². The maximum atomic E-state index is 11.1. The van der Waals surface area contributed by atoms with E-state index in [9.17, 15) is 4.79 Å². The van der Waals surface area contributed by atoms with Crippen LogP contribution in [-0.4, -0.2) is 18.7 Å². The summed E-state index contributed by atoms with van der Waals surface area (Å²) in [7, 11) is 0. The topological polar surface area (TPSA) is 35.5 Å². The van der Waals surface area contributed by atoms with Crippen LogP contribution < -0.4 is 4.74 Å². The zero-order chi connectivity index (χ0) is 14.3. The molecule has 1 rings (SSSR count). The van der Waals surface area contributed by atoms with Crippen molar-refractivity contribution in [1.29, 1.82) is 0 Å². The molecule has 0 aliphatic rings. The lowest BCUT2D eigenvalue weighted by Crippen LogP contribution is -2.21. The molecule has 0 fully saturated rings. The van der Waals surface area contributed by atoms with E-state index in [-0.39, 0.29) is 12.1 Å². The number of hydrogen-bond donors (Lipinski definition) is 0. The number of rotatable bonds is 7. The third kappa shape index (κ3) is 5.33. The second kappa shape index (κ2) is 7.82. The molecule has 0 radical (unpaired) electrons. The van der Waals surface area contributed by atoms with Gasteiger partial charge in [0.15, 0.2) is 0 Å². The quantitative estimate of drug-likeness (QED) is 0.700. The molecule has 0 bridgehead atoms. The van der Waals surface area contributed by atoms with Crippen molar-refractivity contribution in [2.24, 2.45) is 0 Å². The van der Waals surface area contributed by atoms with Crippen LogP contribution in [0.25, 0.3) is 0 Å². The Balaban J connectivity index is 2.43. The number of ether oxygens (including phenoxy) is 2. The van der Waals surface area contributed by atoms with Crippen LogP contribution in [0.3, 0.4) is 0 Å². The molecular formula is C16H24O3. The van der Waals surface area contributed by atoms with Crippen molar-refractivity contribution in [2.75, 3.05) is 6.61 Å². The summed E-state index contributed by atoms with van der Waals surface area (Å²) < 4.78 is 10.7. The van der Waals surface area contributed by atoms with Crippen molar-refractivity contribution in [3.8, 4) is 5.75 Å². The van der Waals surface area contributed by atoms with Crippen LogP contribution in [0.5, 0.6) is 5.75 Å². The predicted octanol–water partition coefficient (Wildman–Crippen LogP) is 3.92. The minimum absolute atomic E-state index is 0.191. The number of hydrogen-bond acceptors (Lipinski definition) is 3. The fourth-order valence-corrected chi connectivity index (χ4v) is 1.68. The average Bonchev–Trinajstić information content (AvgIpc) is 2.44. The van der Waals surface area contributed by atoms with Gasteiger partial charge in [-0.1, -0.05) is 32.9 Å². The molecule has 0 aliphatic carbocycles. The zero-order valence-electron chi connectivity index (χ0n) is 12.3. The van der Waals surface area contributed by atoms with E-state index in [0.29, 0.717) is 18.9 Å². The van der Waals surface area contributed by atoms with Crippen LogP contribution in [-0.2, 0) is 9.53 Å². The highest BCUT2D eigenvalue weighted by Crippen LogP contribution is 2.21. The second-order valence-electron chi connectivity index (χ2n) is 4.84. The lowest BCUT2D eigenvalue weighted by atomic mass is 9.99. The number of carbonyl (C=O) groups is 1. The Labute approximate surface area is 115 Å². The van der Waals surface area contributed by atoms with Crippen LogP contribution in [0.15, 0.2) is 24.3 Å². The summed E-state index contributed by atoms with van der Waals surface area (Å²) in [6.45, 7) is 8.39. The molecule has 0 N–H and O–H groups in total. The molecule has 0 spiro atoms. The standard InChI is InChI=1S/C16H24O3/c1-5-12(3)14-7-9-15(10-8-14)18-11-13(4)19-16(17)6-2/h7-10,12-13H,5-6,11H2,1-4H3/t12-,13-/m0/s1. The van der Waals surface area contributed by atoms with Gasteiger partial charge in [-0.05, 0) is 37.0 Å². The fraction of sp³-hybridized carbons (Fsp3) is 0.562. The summed E-state index contributed by atoms with van der Waals surface area (Å²) in [6.07, 6.45) is 1.31. The molecule has 0 unspecified atom stereocenters. The lowest BCUT2D eigenvalue weighted by molar-refractivity contribution is -0.149. The van der Waals surface area contributed by atoms with Gasteiger partial charge in [0, 0.05) is 6.42 Å². The van der Waals surface area contributed by atoms with Gasteiger partial charge in [-0.3, -0.25) is 4.79 Å². The van der Waals surface area contributed by atoms with Gasteiger partial charge in [-0.15, -0.1) is 0 Å². The summed E-state index contributed by atoms with van der Waals surface area (Å²) >= 11 is 0. The fourth-order valence-electron chi connectivity index (χ4n) is 1.68. The summed E-state index contributed by atoms with van der Waals surface area (Å²) in [6, 6.07) is 8.12. The van der Waals surface area contributed by atoms with Crippen LogP contribution >= 0.6 is 0 Å². The highest BCUT2D eigenvalue weighted by atomic mass is 16.6. The average molecular weight is 264 g/mol. The molecule has 19 heavy (non-hydrogen) atoms. The van der Waals surface area contributed by atoms with E-state index in [2.05, 4.69) is 26.0 Å². The molecule has 0 saturated heterocycles. The van der Waals surface area contributed by atoms with Crippen molar-refractivity contribution < 1.29 is 14.3 Å². The van der Waals surface area contributed by atoms with Crippen LogP contribution in [0.2, 0.25) is 0 Å². The zero-order valence-corrected chi connectivity index (χ0v) is 12.3. The lowest BCUT2D eigenvalue weighted by Gasteiger charge is -2.15. The summed E-state index contributed by atoms with van der Waals surface area (Å²) in [5, 5.41) is 0. The Bertz CT molecular complexity index is 383. The van der Waals surface area contributed by atoms with Gasteiger partial charge in [-0.2, -0.15) is 0 Å². The van der Waals surface area contributed by atoms with Gasteiger partial charge in [0.1, 0.15) is 18.5 Å². The normalized spacial score (nSPS) is 13.7. The number of esters is 1. The molecule has 0 aromatic heterocycles. The SMILES string of the molecule is CCC(=O)O[C@@H](C)COc1ccc([C@@H](C)CC)cc1. The maximum Gasteiger partial charge on any atom is 0.305 e. The van der Waals surface area contributed by atoms with Gasteiger partial charge >= 0.3 is 5.97 Å². The highest BCUT2D eigenvalue weighted by molar-refractivity contribution is 5.69. The molecular weight excluding hydrogens is 240 g/mol.